The first-order valence-electron chi connectivity index (χ1n) is 7.76. The summed E-state index contributed by atoms with van der Waals surface area (Å²) in [6, 6.07) is 20.3. The summed E-state index contributed by atoms with van der Waals surface area (Å²) in [5, 5.41) is 0. The number of ether oxygens (including phenoxy) is 1. The largest absolute Gasteiger partial charge is 0.462 e. The van der Waals surface area contributed by atoms with Crippen LogP contribution in [0, 0.1) is 0 Å². The molecular weight excluding hydrogens is 302 g/mol. The summed E-state index contributed by atoms with van der Waals surface area (Å²) >= 11 is 0. The molecule has 1 N–H and O–H groups in total. The number of hydrogen-bond acceptors (Lipinski definition) is 3. The summed E-state index contributed by atoms with van der Waals surface area (Å²) in [6.45, 7) is 1.93. The van der Waals surface area contributed by atoms with Crippen molar-refractivity contribution >= 4 is 5.97 Å². The fourth-order valence-electron chi connectivity index (χ4n) is 2.56. The van der Waals surface area contributed by atoms with Crippen molar-refractivity contribution in [3.63, 3.8) is 0 Å². The third-order valence-electron chi connectivity index (χ3n) is 3.66. The van der Waals surface area contributed by atoms with Crippen LogP contribution in [-0.4, -0.2) is 17.6 Å². The quantitative estimate of drug-likeness (QED) is 0.742. The molecular formula is C20H17NO3. The van der Waals surface area contributed by atoms with Gasteiger partial charge in [-0.05, 0) is 18.1 Å². The minimum atomic E-state index is -0.614. The Balaban J connectivity index is 2.24. The van der Waals surface area contributed by atoms with E-state index in [4.69, 9.17) is 4.74 Å². The Labute approximate surface area is 139 Å². The molecule has 0 unspecified atom stereocenters. The summed E-state index contributed by atoms with van der Waals surface area (Å²) in [7, 11) is 0. The minimum absolute atomic E-state index is 0.0303. The van der Waals surface area contributed by atoms with Crippen LogP contribution in [0.4, 0.5) is 0 Å². The Kier molecular flexibility index (Phi) is 4.57. The second-order valence-corrected chi connectivity index (χ2v) is 5.25. The molecule has 0 saturated heterocycles. The van der Waals surface area contributed by atoms with Gasteiger partial charge in [-0.1, -0.05) is 60.7 Å². The van der Waals surface area contributed by atoms with Crippen LogP contribution in [0.15, 0.2) is 71.5 Å². The number of nitrogens with one attached hydrogen (secondary N) is 1. The van der Waals surface area contributed by atoms with Crippen LogP contribution in [0.3, 0.4) is 0 Å². The zero-order valence-electron chi connectivity index (χ0n) is 13.3. The zero-order chi connectivity index (χ0) is 16.9. The van der Waals surface area contributed by atoms with Gasteiger partial charge >= 0.3 is 5.97 Å². The maximum atomic E-state index is 12.6. The fourth-order valence-corrected chi connectivity index (χ4v) is 2.56. The summed E-state index contributed by atoms with van der Waals surface area (Å²) in [6.07, 6.45) is 0. The standard InChI is InChI=1S/C20H17NO3/c1-2-24-20(23)18-17(22)13-16(14-9-5-3-6-10-14)21-19(18)15-11-7-4-8-12-15/h3-13H,2H2,1H3,(H,21,22). The van der Waals surface area contributed by atoms with Crippen molar-refractivity contribution in [2.45, 2.75) is 6.92 Å². The highest BCUT2D eigenvalue weighted by Gasteiger charge is 2.20. The van der Waals surface area contributed by atoms with Crippen molar-refractivity contribution in [1.82, 2.24) is 4.98 Å². The predicted octanol–water partition coefficient (Wildman–Crippen LogP) is 3.89. The lowest BCUT2D eigenvalue weighted by Gasteiger charge is -2.11. The van der Waals surface area contributed by atoms with Crippen LogP contribution >= 0.6 is 0 Å². The van der Waals surface area contributed by atoms with Crippen molar-refractivity contribution in [2.75, 3.05) is 6.61 Å². The molecule has 0 radical (unpaired) electrons. The number of pyridine rings is 1. The van der Waals surface area contributed by atoms with Crippen molar-refractivity contribution < 1.29 is 9.53 Å². The lowest BCUT2D eigenvalue weighted by molar-refractivity contribution is 0.0525. The van der Waals surface area contributed by atoms with E-state index in [1.165, 1.54) is 6.07 Å². The van der Waals surface area contributed by atoms with E-state index >= 15 is 0 Å². The van der Waals surface area contributed by atoms with Crippen LogP contribution in [0.2, 0.25) is 0 Å². The van der Waals surface area contributed by atoms with Crippen molar-refractivity contribution in [2.24, 2.45) is 0 Å². The Bertz CT molecular complexity index is 899. The number of esters is 1. The molecule has 120 valence electrons. The molecule has 0 aliphatic rings. The minimum Gasteiger partial charge on any atom is -0.462 e. The molecule has 4 nitrogen and oxygen atoms in total. The van der Waals surface area contributed by atoms with Gasteiger partial charge in [-0.2, -0.15) is 0 Å². The normalized spacial score (nSPS) is 10.4. The monoisotopic (exact) mass is 319 g/mol. The van der Waals surface area contributed by atoms with E-state index in [-0.39, 0.29) is 17.6 Å². The van der Waals surface area contributed by atoms with Gasteiger partial charge in [0.25, 0.3) is 0 Å². The summed E-state index contributed by atoms with van der Waals surface area (Å²) < 4.78 is 5.06. The maximum absolute atomic E-state index is 12.6. The van der Waals surface area contributed by atoms with Gasteiger partial charge in [-0.25, -0.2) is 4.79 Å². The second kappa shape index (κ2) is 6.96. The number of aromatic nitrogens is 1. The molecule has 24 heavy (non-hydrogen) atoms. The van der Waals surface area contributed by atoms with Crippen LogP contribution < -0.4 is 5.43 Å². The van der Waals surface area contributed by atoms with E-state index in [9.17, 15) is 9.59 Å². The van der Waals surface area contributed by atoms with Gasteiger partial charge in [0.15, 0.2) is 5.43 Å². The second-order valence-electron chi connectivity index (χ2n) is 5.25. The number of hydrogen-bond donors (Lipinski definition) is 1. The molecule has 2 aromatic carbocycles. The first kappa shape index (κ1) is 15.7. The van der Waals surface area contributed by atoms with Crippen LogP contribution in [-0.2, 0) is 4.74 Å². The summed E-state index contributed by atoms with van der Waals surface area (Å²) in [5.74, 6) is -0.614. The highest BCUT2D eigenvalue weighted by Crippen LogP contribution is 2.24. The average molecular weight is 319 g/mol. The lowest BCUT2D eigenvalue weighted by atomic mass is 10.0. The van der Waals surface area contributed by atoms with Gasteiger partial charge in [0.1, 0.15) is 5.56 Å². The molecule has 0 aliphatic carbocycles. The molecule has 3 rings (SSSR count). The summed E-state index contributed by atoms with van der Waals surface area (Å²) in [4.78, 5) is 28.1. The SMILES string of the molecule is CCOC(=O)c1c(-c2ccccc2)[nH]c(-c2ccccc2)cc1=O. The van der Waals surface area contributed by atoms with E-state index in [1.807, 2.05) is 60.7 Å². The Hall–Kier alpha value is -3.14. The average Bonchev–Trinajstić information content (AvgIpc) is 2.62. The van der Waals surface area contributed by atoms with Crippen molar-refractivity contribution in [1.29, 1.82) is 0 Å². The maximum Gasteiger partial charge on any atom is 0.344 e. The van der Waals surface area contributed by atoms with E-state index in [0.717, 1.165) is 11.1 Å². The molecule has 1 aromatic heterocycles. The lowest BCUT2D eigenvalue weighted by Crippen LogP contribution is -2.20. The predicted molar refractivity (Wildman–Crippen MR) is 93.9 cm³/mol. The first-order chi connectivity index (χ1) is 11.7. The third kappa shape index (κ3) is 3.13. The smallest absolute Gasteiger partial charge is 0.344 e. The molecule has 0 aliphatic heterocycles. The molecule has 0 spiro atoms. The van der Waals surface area contributed by atoms with E-state index < -0.39 is 5.97 Å². The molecule has 0 amide bonds. The molecule has 3 aromatic rings. The fraction of sp³-hybridized carbons (Fsp3) is 0.100. The molecule has 4 heteroatoms. The number of carbonyl (C=O) groups is 1. The van der Waals surface area contributed by atoms with Gasteiger partial charge in [0.05, 0.1) is 12.3 Å². The van der Waals surface area contributed by atoms with Crippen molar-refractivity contribution in [3.8, 4) is 22.5 Å². The van der Waals surface area contributed by atoms with Gasteiger partial charge < -0.3 is 9.72 Å². The van der Waals surface area contributed by atoms with E-state index in [1.54, 1.807) is 6.92 Å². The summed E-state index contributed by atoms with van der Waals surface area (Å²) in [5.41, 5.74) is 2.44. The molecule has 0 bridgehead atoms. The molecule has 0 saturated carbocycles. The Morgan fingerprint density at radius 3 is 2.12 bits per heavy atom. The van der Waals surface area contributed by atoms with Crippen molar-refractivity contribution in [3.05, 3.63) is 82.5 Å². The third-order valence-corrected chi connectivity index (χ3v) is 3.66. The number of aromatic amines is 1. The molecule has 0 fully saturated rings. The highest BCUT2D eigenvalue weighted by molar-refractivity contribution is 5.96. The number of benzene rings is 2. The molecule has 1 heterocycles. The highest BCUT2D eigenvalue weighted by atomic mass is 16.5. The van der Waals surface area contributed by atoms with Crippen LogP contribution in [0.1, 0.15) is 17.3 Å². The zero-order valence-corrected chi connectivity index (χ0v) is 13.3. The van der Waals surface area contributed by atoms with E-state index in [0.29, 0.717) is 11.4 Å². The van der Waals surface area contributed by atoms with Gasteiger partial charge in [-0.3, -0.25) is 4.79 Å². The first-order valence-corrected chi connectivity index (χ1v) is 7.76. The Morgan fingerprint density at radius 2 is 1.54 bits per heavy atom. The van der Waals surface area contributed by atoms with E-state index in [2.05, 4.69) is 4.98 Å². The topological polar surface area (TPSA) is 59.2 Å². The number of H-pyrrole nitrogens is 1. The van der Waals surface area contributed by atoms with Crippen LogP contribution in [0.25, 0.3) is 22.5 Å². The number of rotatable bonds is 4. The number of carbonyl (C=O) groups excluding carboxylic acids is 1. The van der Waals surface area contributed by atoms with Crippen LogP contribution in [0.5, 0.6) is 0 Å². The van der Waals surface area contributed by atoms with Gasteiger partial charge in [-0.15, -0.1) is 0 Å². The van der Waals surface area contributed by atoms with Gasteiger partial charge in [0.2, 0.25) is 0 Å². The Morgan fingerprint density at radius 1 is 0.958 bits per heavy atom. The van der Waals surface area contributed by atoms with Gasteiger partial charge in [0, 0.05) is 11.8 Å². The molecule has 0 atom stereocenters.